The Bertz CT molecular complexity index is 1740. The molecule has 0 saturated carbocycles. The van der Waals surface area contributed by atoms with Crippen LogP contribution in [0.3, 0.4) is 0 Å². The lowest BCUT2D eigenvalue weighted by atomic mass is 10.1. The van der Waals surface area contributed by atoms with Crippen LogP contribution in [-0.2, 0) is 30.5 Å². The molecule has 0 saturated heterocycles. The van der Waals surface area contributed by atoms with E-state index in [1.807, 2.05) is 4.90 Å². The first-order chi connectivity index (χ1) is 21.4. The van der Waals surface area contributed by atoms with Crippen molar-refractivity contribution in [2.75, 3.05) is 0 Å². The first kappa shape index (κ1) is 32.5. The van der Waals surface area contributed by atoms with E-state index in [2.05, 4.69) is 9.84 Å². The molecule has 1 aliphatic rings. The lowest BCUT2D eigenvalue weighted by molar-refractivity contribution is -0.274. The van der Waals surface area contributed by atoms with Gasteiger partial charge in [-0.3, -0.25) is 4.90 Å². The molecule has 0 bridgehead atoms. The zero-order valence-corrected chi connectivity index (χ0v) is 24.7. The molecule has 0 N–H and O–H groups in total. The van der Waals surface area contributed by atoms with Gasteiger partial charge in [-0.05, 0) is 73.9 Å². The molecule has 8 nitrogen and oxygen atoms in total. The largest absolute Gasteiger partial charge is 0.573 e. The average Bonchev–Trinajstić information content (AvgIpc) is 3.56. The molecule has 0 atom stereocenters. The summed E-state index contributed by atoms with van der Waals surface area (Å²) in [6, 6.07) is 14.6. The molecular formula is C32H27F6N3O5. The molecule has 5 rings (SSSR count). The van der Waals surface area contributed by atoms with Gasteiger partial charge in [-0.1, -0.05) is 30.3 Å². The van der Waals surface area contributed by atoms with Crippen molar-refractivity contribution in [2.45, 2.75) is 58.5 Å². The predicted molar refractivity (Wildman–Crippen MR) is 152 cm³/mol. The van der Waals surface area contributed by atoms with E-state index in [1.165, 1.54) is 12.1 Å². The van der Waals surface area contributed by atoms with Crippen molar-refractivity contribution in [3.05, 3.63) is 101 Å². The van der Waals surface area contributed by atoms with Gasteiger partial charge in [-0.2, -0.15) is 23.0 Å². The van der Waals surface area contributed by atoms with Crippen molar-refractivity contribution in [2.24, 2.45) is 0 Å². The van der Waals surface area contributed by atoms with E-state index < -0.39 is 35.8 Å². The molecule has 0 aliphatic carbocycles. The number of rotatable bonds is 6. The normalized spacial score (nSPS) is 13.8. The first-order valence-corrected chi connectivity index (χ1v) is 13.9. The molecular weight excluding hydrogens is 620 g/mol. The van der Waals surface area contributed by atoms with Crippen molar-refractivity contribution < 1.29 is 50.1 Å². The second kappa shape index (κ2) is 12.2. The van der Waals surface area contributed by atoms with Gasteiger partial charge in [0, 0.05) is 25.2 Å². The number of ether oxygens (including phenoxy) is 3. The lowest BCUT2D eigenvalue weighted by Gasteiger charge is -2.18. The summed E-state index contributed by atoms with van der Waals surface area (Å²) in [6.45, 7) is 6.37. The van der Waals surface area contributed by atoms with E-state index in [0.717, 1.165) is 51.8 Å². The van der Waals surface area contributed by atoms with Crippen LogP contribution < -0.4 is 9.47 Å². The molecule has 0 amide bonds. The van der Waals surface area contributed by atoms with E-state index in [1.54, 1.807) is 51.1 Å². The zero-order valence-electron chi connectivity index (χ0n) is 24.7. The number of aromatic nitrogens is 2. The highest BCUT2D eigenvalue weighted by Gasteiger charge is 2.32. The van der Waals surface area contributed by atoms with Gasteiger partial charge in [0.1, 0.15) is 28.4 Å². The number of esters is 1. The summed E-state index contributed by atoms with van der Waals surface area (Å²) >= 11 is 0. The van der Waals surface area contributed by atoms with E-state index in [4.69, 9.17) is 9.47 Å². The van der Waals surface area contributed by atoms with Crippen LogP contribution in [0.5, 0.6) is 11.5 Å². The minimum atomic E-state index is -4.78. The maximum absolute atomic E-state index is 13.4. The molecule has 242 valence electrons. The number of carbonyl (C=O) groups excluding carboxylic acids is 2. The summed E-state index contributed by atoms with van der Waals surface area (Å²) in [7, 11) is 0. The Morgan fingerprint density at radius 3 is 2.07 bits per heavy atom. The predicted octanol–water partition coefficient (Wildman–Crippen LogP) is 7.99. The third-order valence-corrected chi connectivity index (χ3v) is 6.74. The second-order valence-electron chi connectivity index (χ2n) is 11.5. The van der Waals surface area contributed by atoms with Crippen molar-refractivity contribution >= 4 is 12.1 Å². The molecule has 14 heteroatoms. The highest BCUT2D eigenvalue weighted by molar-refractivity contribution is 5.98. The van der Waals surface area contributed by atoms with E-state index in [0.29, 0.717) is 19.6 Å². The smallest absolute Gasteiger partial charge is 0.442 e. The standard InChI is InChI=1S/C32H27F6N3O5/c1-30(2,3)46-29(43)41-18-26(27(39-41)20-6-9-23(10-7-20)31(33,34)35)28(42)44-25-13-8-21-16-40(17-22(21)14-25)15-19-4-11-24(12-5-19)45-32(36,37)38/h4-14,18H,15-17H2,1-3H3. The van der Waals surface area contributed by atoms with Crippen LogP contribution in [-0.4, -0.2) is 38.7 Å². The topological polar surface area (TPSA) is 82.9 Å². The summed E-state index contributed by atoms with van der Waals surface area (Å²) in [6.07, 6.45) is -9.15. The molecule has 1 aliphatic heterocycles. The lowest BCUT2D eigenvalue weighted by Crippen LogP contribution is -2.27. The molecule has 0 spiro atoms. The van der Waals surface area contributed by atoms with Crippen LogP contribution in [0.2, 0.25) is 0 Å². The van der Waals surface area contributed by atoms with Crippen molar-refractivity contribution in [3.8, 4) is 22.8 Å². The number of halogens is 6. The number of nitrogens with zero attached hydrogens (tertiary/aromatic N) is 3. The van der Waals surface area contributed by atoms with Gasteiger partial charge in [0.25, 0.3) is 0 Å². The Morgan fingerprint density at radius 2 is 1.46 bits per heavy atom. The summed E-state index contributed by atoms with van der Waals surface area (Å²) in [4.78, 5) is 28.1. The summed E-state index contributed by atoms with van der Waals surface area (Å²) in [5.74, 6) is -1.03. The quantitative estimate of drug-likeness (QED) is 0.119. The van der Waals surface area contributed by atoms with Gasteiger partial charge in [-0.25, -0.2) is 9.59 Å². The van der Waals surface area contributed by atoms with Crippen LogP contribution >= 0.6 is 0 Å². The maximum atomic E-state index is 13.4. The molecule has 2 heterocycles. The maximum Gasteiger partial charge on any atom is 0.573 e. The number of fused-ring (bicyclic) bond motifs is 1. The minimum Gasteiger partial charge on any atom is -0.442 e. The van der Waals surface area contributed by atoms with Crippen LogP contribution in [0.1, 0.15) is 53.4 Å². The molecule has 4 aromatic rings. The van der Waals surface area contributed by atoms with Crippen molar-refractivity contribution in [3.63, 3.8) is 0 Å². The van der Waals surface area contributed by atoms with Crippen molar-refractivity contribution in [1.29, 1.82) is 0 Å². The van der Waals surface area contributed by atoms with E-state index in [-0.39, 0.29) is 28.3 Å². The fraction of sp³-hybridized carbons (Fsp3) is 0.281. The Labute approximate surface area is 259 Å². The van der Waals surface area contributed by atoms with Gasteiger partial charge < -0.3 is 14.2 Å². The van der Waals surface area contributed by atoms with Crippen LogP contribution in [0.25, 0.3) is 11.3 Å². The Hall–Kier alpha value is -4.85. The highest BCUT2D eigenvalue weighted by Crippen LogP contribution is 2.33. The minimum absolute atomic E-state index is 0.0800. The first-order valence-electron chi connectivity index (χ1n) is 13.9. The number of hydrogen-bond acceptors (Lipinski definition) is 7. The van der Waals surface area contributed by atoms with Crippen molar-refractivity contribution in [1.82, 2.24) is 14.7 Å². The number of alkyl halides is 6. The Morgan fingerprint density at radius 1 is 0.826 bits per heavy atom. The summed E-state index contributed by atoms with van der Waals surface area (Å²) < 4.78 is 92.4. The molecule has 46 heavy (non-hydrogen) atoms. The van der Waals surface area contributed by atoms with Gasteiger partial charge in [0.15, 0.2) is 0 Å². The molecule has 3 aromatic carbocycles. The SMILES string of the molecule is CC(C)(C)OC(=O)n1cc(C(=O)Oc2ccc3c(c2)CN(Cc2ccc(OC(F)(F)F)cc2)C3)c(-c2ccc(C(F)(F)F)cc2)n1. The van der Waals surface area contributed by atoms with Gasteiger partial charge >= 0.3 is 24.6 Å². The Kier molecular flexibility index (Phi) is 8.60. The molecule has 1 aromatic heterocycles. The number of carbonyl (C=O) groups is 2. The number of benzene rings is 3. The third-order valence-electron chi connectivity index (χ3n) is 6.74. The van der Waals surface area contributed by atoms with E-state index in [9.17, 15) is 35.9 Å². The van der Waals surface area contributed by atoms with Crippen LogP contribution in [0.4, 0.5) is 31.1 Å². The molecule has 0 fully saturated rings. The fourth-order valence-electron chi connectivity index (χ4n) is 4.79. The molecule has 0 radical (unpaired) electrons. The van der Waals surface area contributed by atoms with Gasteiger partial charge in [0.05, 0.1) is 11.8 Å². The van der Waals surface area contributed by atoms with Gasteiger partial charge in [0.2, 0.25) is 0 Å². The molecule has 0 unspecified atom stereocenters. The fourth-order valence-corrected chi connectivity index (χ4v) is 4.79. The highest BCUT2D eigenvalue weighted by atomic mass is 19.4. The zero-order chi connectivity index (χ0) is 33.4. The van der Waals surface area contributed by atoms with Gasteiger partial charge in [-0.15, -0.1) is 13.2 Å². The van der Waals surface area contributed by atoms with Crippen LogP contribution in [0, 0.1) is 0 Å². The van der Waals surface area contributed by atoms with Crippen LogP contribution in [0.15, 0.2) is 72.9 Å². The Balaban J connectivity index is 1.33. The van der Waals surface area contributed by atoms with E-state index >= 15 is 0 Å². The average molecular weight is 648 g/mol. The monoisotopic (exact) mass is 647 g/mol. The summed E-state index contributed by atoms with van der Waals surface area (Å²) in [5.41, 5.74) is 0.689. The summed E-state index contributed by atoms with van der Waals surface area (Å²) in [5, 5.41) is 4.14. The number of hydrogen-bond donors (Lipinski definition) is 0. The third kappa shape index (κ3) is 8.05. The second-order valence-corrected chi connectivity index (χ2v) is 11.5.